The van der Waals surface area contributed by atoms with Gasteiger partial charge in [-0.2, -0.15) is 13.2 Å². The lowest BCUT2D eigenvalue weighted by Crippen LogP contribution is -2.63. The van der Waals surface area contributed by atoms with Gasteiger partial charge in [-0.15, -0.1) is 5.10 Å². The van der Waals surface area contributed by atoms with Crippen molar-refractivity contribution in [2.24, 2.45) is 0 Å². The molecule has 42 heavy (non-hydrogen) atoms. The molecule has 0 bridgehead atoms. The number of nitrogens with one attached hydrogen (secondary N) is 1. The minimum Gasteiger partial charge on any atom is -0.497 e. The number of methoxy groups -OCH3 is 1. The molecule has 2 aromatic rings. The van der Waals surface area contributed by atoms with Crippen molar-refractivity contribution in [3.8, 4) is 11.6 Å². The van der Waals surface area contributed by atoms with Gasteiger partial charge in [0.15, 0.2) is 12.2 Å². The number of halogens is 3. The smallest absolute Gasteiger partial charge is 0.433 e. The van der Waals surface area contributed by atoms with Crippen LogP contribution in [0.25, 0.3) is 0 Å². The summed E-state index contributed by atoms with van der Waals surface area (Å²) in [6.07, 6.45) is -13.0. The molecule has 0 spiro atoms. The van der Waals surface area contributed by atoms with Crippen molar-refractivity contribution in [1.29, 1.82) is 0 Å². The fourth-order valence-corrected chi connectivity index (χ4v) is 4.19. The maximum atomic E-state index is 13.9. The van der Waals surface area contributed by atoms with Gasteiger partial charge >= 0.3 is 30.1 Å². The van der Waals surface area contributed by atoms with Gasteiger partial charge < -0.3 is 33.2 Å². The molecule has 16 heteroatoms. The average molecular weight is 603 g/mol. The highest BCUT2D eigenvalue weighted by Gasteiger charge is 2.54. The molecule has 1 aromatic carbocycles. The Labute approximate surface area is 237 Å². The summed E-state index contributed by atoms with van der Waals surface area (Å²) in [6, 6.07) is 6.21. The SMILES string of the molecule is COc1ccc(Cc2c(OC3O[C@H](COC(C)=O)[C@@H](OC(C)=O)[C@H](OC(C)=O)[C@H]3OC(C)=O)n[nH]c2C(F)(F)F)cc1. The van der Waals surface area contributed by atoms with E-state index in [1.165, 1.54) is 7.11 Å². The summed E-state index contributed by atoms with van der Waals surface area (Å²) in [5.74, 6) is -3.48. The minimum atomic E-state index is -4.86. The molecular weight excluding hydrogens is 573 g/mol. The van der Waals surface area contributed by atoms with Gasteiger partial charge in [0.1, 0.15) is 24.2 Å². The highest BCUT2D eigenvalue weighted by molar-refractivity contribution is 5.68. The molecule has 1 unspecified atom stereocenters. The summed E-state index contributed by atoms with van der Waals surface area (Å²) < 4.78 is 79.3. The van der Waals surface area contributed by atoms with Crippen LogP contribution >= 0.6 is 0 Å². The number of rotatable bonds is 10. The third kappa shape index (κ3) is 8.34. The van der Waals surface area contributed by atoms with Crippen molar-refractivity contribution in [2.45, 2.75) is 71.0 Å². The van der Waals surface area contributed by atoms with E-state index < -0.39 is 84.5 Å². The molecule has 1 N–H and O–H groups in total. The number of carbonyl (C=O) groups excluding carboxylic acids is 4. The standard InChI is InChI=1S/C26H29F3N2O11/c1-12(32)37-11-19-20(38-13(2)33)21(39-14(3)34)22(40-15(4)35)25(41-19)42-24-18(23(30-31-24)26(27,28)29)10-16-6-8-17(36-5)9-7-16/h6-9,19-22,25H,10-11H2,1-5H3,(H,30,31)/t19-,20-,21+,22-,25?/m1/s1. The van der Waals surface area contributed by atoms with E-state index in [1.54, 1.807) is 24.3 Å². The van der Waals surface area contributed by atoms with Crippen LogP contribution in [-0.2, 0) is 55.5 Å². The Balaban J connectivity index is 2.07. The van der Waals surface area contributed by atoms with E-state index in [2.05, 4.69) is 5.10 Å². The molecule has 1 saturated heterocycles. The number of hydrogen-bond acceptors (Lipinski definition) is 12. The van der Waals surface area contributed by atoms with Crippen molar-refractivity contribution in [1.82, 2.24) is 10.2 Å². The van der Waals surface area contributed by atoms with E-state index in [0.717, 1.165) is 27.7 Å². The molecule has 2 heterocycles. The number of hydrogen-bond donors (Lipinski definition) is 1. The predicted molar refractivity (Wildman–Crippen MR) is 132 cm³/mol. The predicted octanol–water partition coefficient (Wildman–Crippen LogP) is 2.49. The Morgan fingerprint density at radius 1 is 0.881 bits per heavy atom. The van der Waals surface area contributed by atoms with Crippen LogP contribution in [0.15, 0.2) is 24.3 Å². The Kier molecular flexibility index (Phi) is 10.4. The first-order valence-corrected chi connectivity index (χ1v) is 12.4. The summed E-state index contributed by atoms with van der Waals surface area (Å²) in [5, 5.41) is 5.60. The summed E-state index contributed by atoms with van der Waals surface area (Å²) in [5.41, 5.74) is -1.19. The van der Waals surface area contributed by atoms with Crippen LogP contribution in [-0.4, -0.2) is 78.5 Å². The van der Waals surface area contributed by atoms with Crippen LogP contribution in [0.4, 0.5) is 13.2 Å². The van der Waals surface area contributed by atoms with E-state index in [1.807, 2.05) is 5.10 Å². The van der Waals surface area contributed by atoms with E-state index >= 15 is 0 Å². The second kappa shape index (κ2) is 13.5. The van der Waals surface area contributed by atoms with Crippen molar-refractivity contribution in [2.75, 3.05) is 13.7 Å². The number of H-pyrrole nitrogens is 1. The van der Waals surface area contributed by atoms with E-state index in [4.69, 9.17) is 33.2 Å². The van der Waals surface area contributed by atoms with Gasteiger partial charge in [0.05, 0.1) is 12.7 Å². The molecule has 3 rings (SSSR count). The normalized spacial score (nSPS) is 22.0. The molecule has 0 radical (unpaired) electrons. The first kappa shape index (κ1) is 32.2. The maximum absolute atomic E-state index is 13.9. The largest absolute Gasteiger partial charge is 0.497 e. The number of carbonyl (C=O) groups is 4. The van der Waals surface area contributed by atoms with Gasteiger partial charge in [0.25, 0.3) is 0 Å². The Morgan fingerprint density at radius 3 is 1.98 bits per heavy atom. The van der Waals surface area contributed by atoms with Crippen LogP contribution in [0.3, 0.4) is 0 Å². The van der Waals surface area contributed by atoms with E-state index in [-0.39, 0.29) is 6.42 Å². The molecule has 13 nitrogen and oxygen atoms in total. The number of esters is 4. The molecule has 1 fully saturated rings. The lowest BCUT2D eigenvalue weighted by Gasteiger charge is -2.43. The van der Waals surface area contributed by atoms with Crippen molar-refractivity contribution < 1.29 is 65.5 Å². The zero-order valence-corrected chi connectivity index (χ0v) is 23.2. The lowest BCUT2D eigenvalue weighted by atomic mass is 9.98. The second-order valence-electron chi connectivity index (χ2n) is 9.09. The molecule has 0 amide bonds. The summed E-state index contributed by atoms with van der Waals surface area (Å²) in [7, 11) is 1.44. The van der Waals surface area contributed by atoms with Crippen LogP contribution in [0.2, 0.25) is 0 Å². The molecule has 1 aromatic heterocycles. The van der Waals surface area contributed by atoms with Crippen LogP contribution in [0.1, 0.15) is 44.5 Å². The van der Waals surface area contributed by atoms with Crippen LogP contribution in [0.5, 0.6) is 11.6 Å². The van der Waals surface area contributed by atoms with Gasteiger partial charge in [-0.3, -0.25) is 24.3 Å². The topological polar surface area (TPSA) is 162 Å². The third-order valence-electron chi connectivity index (χ3n) is 5.83. The Bertz CT molecular complexity index is 1280. The second-order valence-corrected chi connectivity index (χ2v) is 9.09. The highest BCUT2D eigenvalue weighted by atomic mass is 19.4. The number of alkyl halides is 3. The van der Waals surface area contributed by atoms with Crippen molar-refractivity contribution in [3.63, 3.8) is 0 Å². The molecule has 5 atom stereocenters. The van der Waals surface area contributed by atoms with Gasteiger partial charge in [0.2, 0.25) is 18.3 Å². The molecule has 0 aliphatic carbocycles. The first-order valence-electron chi connectivity index (χ1n) is 12.4. The quantitative estimate of drug-likeness (QED) is 0.313. The fraction of sp³-hybridized carbons (Fsp3) is 0.500. The Morgan fingerprint density at radius 2 is 1.45 bits per heavy atom. The van der Waals surface area contributed by atoms with Gasteiger partial charge in [-0.25, -0.2) is 0 Å². The average Bonchev–Trinajstić information content (AvgIpc) is 3.28. The first-order chi connectivity index (χ1) is 19.7. The van der Waals surface area contributed by atoms with Crippen molar-refractivity contribution in [3.05, 3.63) is 41.1 Å². The number of aromatic nitrogens is 2. The molecule has 230 valence electrons. The Hall–Kier alpha value is -4.34. The zero-order valence-electron chi connectivity index (χ0n) is 23.2. The highest BCUT2D eigenvalue weighted by Crippen LogP contribution is 2.38. The minimum absolute atomic E-state index is 0.310. The molecular formula is C26H29F3N2O11. The van der Waals surface area contributed by atoms with Gasteiger partial charge in [-0.1, -0.05) is 12.1 Å². The van der Waals surface area contributed by atoms with Gasteiger partial charge in [0, 0.05) is 34.1 Å². The van der Waals surface area contributed by atoms with Crippen LogP contribution in [0, 0.1) is 0 Å². The maximum Gasteiger partial charge on any atom is 0.433 e. The lowest BCUT2D eigenvalue weighted by molar-refractivity contribution is -0.289. The monoisotopic (exact) mass is 602 g/mol. The third-order valence-corrected chi connectivity index (χ3v) is 5.83. The molecule has 1 aliphatic rings. The summed E-state index contributed by atoms with van der Waals surface area (Å²) in [6.45, 7) is 3.63. The fourth-order valence-electron chi connectivity index (χ4n) is 4.19. The number of ether oxygens (including phenoxy) is 7. The van der Waals surface area contributed by atoms with Gasteiger partial charge in [-0.05, 0) is 17.7 Å². The van der Waals surface area contributed by atoms with E-state index in [0.29, 0.717) is 11.3 Å². The number of aromatic amines is 1. The van der Waals surface area contributed by atoms with Crippen LogP contribution < -0.4 is 9.47 Å². The summed E-state index contributed by atoms with van der Waals surface area (Å²) in [4.78, 5) is 47.4. The molecule has 1 aliphatic heterocycles. The zero-order chi connectivity index (χ0) is 31.2. The molecule has 0 saturated carbocycles. The van der Waals surface area contributed by atoms with E-state index in [9.17, 15) is 32.3 Å². The number of benzene rings is 1. The van der Waals surface area contributed by atoms with Crippen molar-refractivity contribution >= 4 is 23.9 Å². The number of nitrogens with zero attached hydrogens (tertiary/aromatic N) is 1. The summed E-state index contributed by atoms with van der Waals surface area (Å²) >= 11 is 0.